The Kier molecular flexibility index (Phi) is 10.2. The van der Waals surface area contributed by atoms with Gasteiger partial charge in [0.05, 0.1) is 59.8 Å². The number of aromatic nitrogens is 3. The molecule has 2 atom stereocenters. The summed E-state index contributed by atoms with van der Waals surface area (Å²) in [5.74, 6) is 0.892. The summed E-state index contributed by atoms with van der Waals surface area (Å²) in [4.78, 5) is 30.4. The molecule has 48 heavy (non-hydrogen) atoms. The number of halogens is 6. The lowest BCUT2D eigenvalue weighted by Crippen LogP contribution is -2.46. The molecule has 2 aromatic heterocycles. The number of fused-ring (bicyclic) bond motifs is 1. The van der Waals surface area contributed by atoms with Crippen molar-refractivity contribution in [3.63, 3.8) is 0 Å². The van der Waals surface area contributed by atoms with Crippen LogP contribution in [0.5, 0.6) is 5.88 Å². The minimum Gasteiger partial charge on any atom is -0.481 e. The Hall–Kier alpha value is -4.30. The number of amides is 1. The lowest BCUT2D eigenvalue weighted by Gasteiger charge is -2.39. The van der Waals surface area contributed by atoms with E-state index in [0.29, 0.717) is 54.8 Å². The van der Waals surface area contributed by atoms with Gasteiger partial charge in [0.1, 0.15) is 0 Å². The average Bonchev–Trinajstić information content (AvgIpc) is 3.04. The van der Waals surface area contributed by atoms with Crippen LogP contribution in [0.4, 0.5) is 48.5 Å². The molecule has 260 valence electrons. The number of methoxy groups -OCH3 is 1. The van der Waals surface area contributed by atoms with Crippen molar-refractivity contribution >= 4 is 23.4 Å². The normalized spacial score (nSPS) is 18.8. The van der Waals surface area contributed by atoms with E-state index >= 15 is 0 Å². The second kappa shape index (κ2) is 14.0. The summed E-state index contributed by atoms with van der Waals surface area (Å²) >= 11 is 0. The third-order valence-electron chi connectivity index (χ3n) is 8.78. The molecule has 1 aromatic carbocycles. The van der Waals surface area contributed by atoms with Crippen LogP contribution in [0.1, 0.15) is 80.6 Å². The van der Waals surface area contributed by atoms with Crippen molar-refractivity contribution < 1.29 is 40.6 Å². The molecular formula is C33H38F6N6O3. The van der Waals surface area contributed by atoms with E-state index in [1.54, 1.807) is 30.2 Å². The molecule has 15 heteroatoms. The minimum atomic E-state index is -4.98. The van der Waals surface area contributed by atoms with Crippen molar-refractivity contribution in [2.24, 2.45) is 5.92 Å². The molecular weight excluding hydrogens is 642 g/mol. The van der Waals surface area contributed by atoms with Crippen LogP contribution in [0.2, 0.25) is 0 Å². The number of hydrogen-bond acceptors (Lipinski definition) is 8. The summed E-state index contributed by atoms with van der Waals surface area (Å²) in [7, 11) is 1.46. The molecule has 4 heterocycles. The molecule has 9 nitrogen and oxygen atoms in total. The summed E-state index contributed by atoms with van der Waals surface area (Å²) in [6, 6.07) is 4.12. The van der Waals surface area contributed by atoms with Gasteiger partial charge in [-0.2, -0.15) is 26.3 Å². The second-order valence-electron chi connectivity index (χ2n) is 12.1. The number of rotatable bonds is 8. The Labute approximate surface area is 274 Å². The Balaban J connectivity index is 1.56. The Morgan fingerprint density at radius 2 is 1.65 bits per heavy atom. The monoisotopic (exact) mass is 680 g/mol. The molecule has 2 aliphatic heterocycles. The van der Waals surface area contributed by atoms with Crippen LogP contribution in [-0.2, 0) is 23.5 Å². The predicted molar refractivity (Wildman–Crippen MR) is 167 cm³/mol. The first-order valence-electron chi connectivity index (χ1n) is 15.9. The van der Waals surface area contributed by atoms with Crippen LogP contribution in [0.15, 0.2) is 36.5 Å². The molecule has 1 amide bonds. The molecule has 0 spiro atoms. The third kappa shape index (κ3) is 7.70. The first-order valence-corrected chi connectivity index (χ1v) is 15.9. The first-order chi connectivity index (χ1) is 22.7. The maximum absolute atomic E-state index is 13.7. The highest BCUT2D eigenvalue weighted by molar-refractivity contribution is 5.90. The van der Waals surface area contributed by atoms with E-state index in [1.165, 1.54) is 7.11 Å². The van der Waals surface area contributed by atoms with E-state index in [0.717, 1.165) is 25.0 Å². The van der Waals surface area contributed by atoms with Gasteiger partial charge in [-0.15, -0.1) is 0 Å². The number of ether oxygens (including phenoxy) is 2. The number of carbonyl (C=O) groups is 1. The largest absolute Gasteiger partial charge is 0.481 e. The number of nitrogens with one attached hydrogen (secondary N) is 1. The van der Waals surface area contributed by atoms with E-state index in [9.17, 15) is 31.1 Å². The summed E-state index contributed by atoms with van der Waals surface area (Å²) in [5.41, 5.74) is -1.15. The highest BCUT2D eigenvalue weighted by Gasteiger charge is 2.39. The summed E-state index contributed by atoms with van der Waals surface area (Å²) < 4.78 is 92.9. The Bertz CT molecular complexity index is 1580. The molecule has 0 aliphatic carbocycles. The fourth-order valence-corrected chi connectivity index (χ4v) is 6.22. The number of pyridine rings is 1. The quantitative estimate of drug-likeness (QED) is 0.239. The smallest absolute Gasteiger partial charge is 0.416 e. The van der Waals surface area contributed by atoms with E-state index in [1.807, 2.05) is 11.8 Å². The molecule has 0 saturated carbocycles. The van der Waals surface area contributed by atoms with Gasteiger partial charge in [-0.25, -0.2) is 19.7 Å². The van der Waals surface area contributed by atoms with E-state index in [2.05, 4.69) is 22.2 Å². The van der Waals surface area contributed by atoms with E-state index in [4.69, 9.17) is 14.5 Å². The highest BCUT2D eigenvalue weighted by atomic mass is 19.4. The number of nitrogens with zero attached hydrogens (tertiary/aromatic N) is 5. The van der Waals surface area contributed by atoms with Crippen LogP contribution in [-0.4, -0.2) is 53.9 Å². The summed E-state index contributed by atoms with van der Waals surface area (Å²) in [6.45, 7) is 7.24. The zero-order valence-electron chi connectivity index (χ0n) is 27.1. The minimum absolute atomic E-state index is 0.113. The standard InChI is InChI=1S/C33H38F6N6O3/c1-5-23-17-25(29-26(7-8-28(43-29)47-4)45(23)31(46)48-6-2)42-30-40-18-27(44-11-9-19(3)10-12-44)24(41-30)15-20-13-21(32(34,35)36)16-22(14-20)33(37,38)39/h7-8,13-14,16,18-19,23,25H,5-6,9-12,15,17H2,1-4H3,(H,40,41,42)/t23-,25+/m1/s1. The van der Waals surface area contributed by atoms with Crippen molar-refractivity contribution in [3.8, 4) is 5.88 Å². The zero-order valence-corrected chi connectivity index (χ0v) is 27.1. The second-order valence-corrected chi connectivity index (χ2v) is 12.1. The SMILES string of the molecule is CCOC(=O)N1c2ccc(OC)nc2[C@@H](Nc2ncc(N3CCC(C)CC3)c(Cc3cc(C(F)(F)F)cc(C(F)(F)F)c3)n2)C[C@H]1CC. The number of benzene rings is 1. The predicted octanol–water partition coefficient (Wildman–Crippen LogP) is 8.04. The molecule has 1 saturated heterocycles. The fraction of sp³-hybridized carbons (Fsp3) is 0.515. The Morgan fingerprint density at radius 3 is 2.23 bits per heavy atom. The number of anilines is 3. The lowest BCUT2D eigenvalue weighted by atomic mass is 9.93. The number of hydrogen-bond donors (Lipinski definition) is 1. The van der Waals surface area contributed by atoms with E-state index < -0.39 is 35.6 Å². The van der Waals surface area contributed by atoms with Crippen LogP contribution < -0.4 is 19.9 Å². The summed E-state index contributed by atoms with van der Waals surface area (Å²) in [6.07, 6.45) is -6.52. The van der Waals surface area contributed by atoms with Gasteiger partial charge >= 0.3 is 18.4 Å². The van der Waals surface area contributed by atoms with Gasteiger partial charge in [0.15, 0.2) is 0 Å². The van der Waals surface area contributed by atoms with Crippen LogP contribution in [0.3, 0.4) is 0 Å². The van der Waals surface area contributed by atoms with Gasteiger partial charge in [-0.1, -0.05) is 13.8 Å². The van der Waals surface area contributed by atoms with Gasteiger partial charge in [0, 0.05) is 31.6 Å². The van der Waals surface area contributed by atoms with Crippen molar-refractivity contribution in [2.45, 2.75) is 77.3 Å². The maximum atomic E-state index is 13.7. The van der Waals surface area contributed by atoms with Gasteiger partial charge in [-0.3, -0.25) is 4.90 Å². The van der Waals surface area contributed by atoms with Gasteiger partial charge in [0.2, 0.25) is 11.8 Å². The third-order valence-corrected chi connectivity index (χ3v) is 8.78. The Morgan fingerprint density at radius 1 is 0.979 bits per heavy atom. The van der Waals surface area contributed by atoms with Crippen molar-refractivity contribution in [1.82, 2.24) is 15.0 Å². The molecule has 0 radical (unpaired) electrons. The number of piperidine rings is 1. The lowest BCUT2D eigenvalue weighted by molar-refractivity contribution is -0.143. The average molecular weight is 681 g/mol. The zero-order chi connectivity index (χ0) is 34.8. The molecule has 3 aromatic rings. The molecule has 0 unspecified atom stereocenters. The maximum Gasteiger partial charge on any atom is 0.416 e. The van der Waals surface area contributed by atoms with E-state index in [-0.39, 0.29) is 42.3 Å². The highest BCUT2D eigenvalue weighted by Crippen LogP contribution is 2.41. The molecule has 1 N–H and O–H groups in total. The number of alkyl halides is 6. The van der Waals surface area contributed by atoms with Gasteiger partial charge in [0.25, 0.3) is 0 Å². The molecule has 1 fully saturated rings. The fourth-order valence-electron chi connectivity index (χ4n) is 6.22. The van der Waals surface area contributed by atoms with Crippen molar-refractivity contribution in [2.75, 3.05) is 41.9 Å². The van der Waals surface area contributed by atoms with Crippen LogP contribution >= 0.6 is 0 Å². The van der Waals surface area contributed by atoms with Crippen molar-refractivity contribution in [3.05, 3.63) is 64.6 Å². The first kappa shape index (κ1) is 35.0. The molecule has 2 aliphatic rings. The van der Waals surface area contributed by atoms with Crippen LogP contribution in [0, 0.1) is 5.92 Å². The van der Waals surface area contributed by atoms with Gasteiger partial charge in [-0.05, 0) is 68.4 Å². The molecule has 0 bridgehead atoms. The van der Waals surface area contributed by atoms with Crippen LogP contribution in [0.25, 0.3) is 0 Å². The molecule has 5 rings (SSSR count). The topological polar surface area (TPSA) is 92.7 Å². The van der Waals surface area contributed by atoms with Gasteiger partial charge < -0.3 is 19.7 Å². The van der Waals surface area contributed by atoms with Crippen molar-refractivity contribution in [1.29, 1.82) is 0 Å². The number of carbonyl (C=O) groups excluding carboxylic acids is 1. The summed E-state index contributed by atoms with van der Waals surface area (Å²) in [5, 5.41) is 3.28.